The van der Waals surface area contributed by atoms with E-state index in [1.54, 1.807) is 0 Å². The molecule has 0 amide bonds. The van der Waals surface area contributed by atoms with Crippen LogP contribution in [0, 0.1) is 6.92 Å². The maximum Gasteiger partial charge on any atom is 0.161 e. The van der Waals surface area contributed by atoms with Gasteiger partial charge in [0.2, 0.25) is 0 Å². The largest absolute Gasteiger partial charge is 0.486 e. The molecule has 1 aromatic carbocycles. The third-order valence-corrected chi connectivity index (χ3v) is 3.74. The van der Waals surface area contributed by atoms with E-state index in [4.69, 9.17) is 9.47 Å². The summed E-state index contributed by atoms with van der Waals surface area (Å²) in [5.74, 6) is 1.67. The van der Waals surface area contributed by atoms with E-state index in [2.05, 4.69) is 29.6 Å². The van der Waals surface area contributed by atoms with Crippen LogP contribution in [-0.2, 0) is 13.6 Å². The topological polar surface area (TPSA) is 48.3 Å². The fraction of sp³-hybridized carbons (Fsp3) is 0.438. The first-order chi connectivity index (χ1) is 10.1. The molecular formula is C16H21N3O2. The Kier molecular flexibility index (Phi) is 3.84. The molecule has 3 rings (SSSR count). The van der Waals surface area contributed by atoms with Gasteiger partial charge in [-0.15, -0.1) is 0 Å². The standard InChI is InChI=1S/C16H21N3O2/c1-11(14-10-19(3)18-12(14)2)17-9-13-4-5-15-16(8-13)21-7-6-20-15/h4-5,8,10-11,17H,6-7,9H2,1-3H3. The Hall–Kier alpha value is -2.01. The van der Waals surface area contributed by atoms with Gasteiger partial charge in [0.15, 0.2) is 11.5 Å². The van der Waals surface area contributed by atoms with Crippen LogP contribution < -0.4 is 14.8 Å². The van der Waals surface area contributed by atoms with Gasteiger partial charge in [0, 0.05) is 31.4 Å². The number of benzene rings is 1. The molecule has 0 aliphatic carbocycles. The lowest BCUT2D eigenvalue weighted by atomic mass is 10.1. The molecule has 0 saturated carbocycles. The lowest BCUT2D eigenvalue weighted by Crippen LogP contribution is -2.19. The van der Waals surface area contributed by atoms with Crippen LogP contribution in [0.3, 0.4) is 0 Å². The fourth-order valence-electron chi connectivity index (χ4n) is 2.62. The van der Waals surface area contributed by atoms with E-state index >= 15 is 0 Å². The lowest BCUT2D eigenvalue weighted by molar-refractivity contribution is 0.171. The summed E-state index contributed by atoms with van der Waals surface area (Å²) < 4.78 is 13.0. The Morgan fingerprint density at radius 1 is 1.29 bits per heavy atom. The second-order valence-corrected chi connectivity index (χ2v) is 5.42. The van der Waals surface area contributed by atoms with Gasteiger partial charge >= 0.3 is 0 Å². The molecule has 1 aromatic heterocycles. The number of hydrogen-bond donors (Lipinski definition) is 1. The number of ether oxygens (including phenoxy) is 2. The van der Waals surface area contributed by atoms with E-state index in [-0.39, 0.29) is 6.04 Å². The monoisotopic (exact) mass is 287 g/mol. The number of nitrogens with one attached hydrogen (secondary N) is 1. The molecule has 1 aliphatic heterocycles. The second kappa shape index (κ2) is 5.77. The molecule has 0 bridgehead atoms. The quantitative estimate of drug-likeness (QED) is 0.938. The summed E-state index contributed by atoms with van der Waals surface area (Å²) in [5.41, 5.74) is 3.49. The minimum Gasteiger partial charge on any atom is -0.486 e. The van der Waals surface area contributed by atoms with E-state index < -0.39 is 0 Å². The van der Waals surface area contributed by atoms with Crippen molar-refractivity contribution >= 4 is 0 Å². The average molecular weight is 287 g/mol. The maximum atomic E-state index is 5.61. The van der Waals surface area contributed by atoms with E-state index in [0.717, 1.165) is 23.7 Å². The highest BCUT2D eigenvalue weighted by Gasteiger charge is 2.14. The van der Waals surface area contributed by atoms with Crippen LogP contribution in [0.5, 0.6) is 11.5 Å². The highest BCUT2D eigenvalue weighted by atomic mass is 16.6. The Labute approximate surface area is 124 Å². The molecule has 0 saturated heterocycles. The number of aromatic nitrogens is 2. The molecule has 0 fully saturated rings. The van der Waals surface area contributed by atoms with Crippen LogP contribution in [0.2, 0.25) is 0 Å². The first-order valence-electron chi connectivity index (χ1n) is 7.25. The van der Waals surface area contributed by atoms with E-state index in [0.29, 0.717) is 13.2 Å². The molecular weight excluding hydrogens is 266 g/mol. The molecule has 2 heterocycles. The summed E-state index contributed by atoms with van der Waals surface area (Å²) in [6, 6.07) is 6.35. The molecule has 0 radical (unpaired) electrons. The van der Waals surface area contributed by atoms with Crippen molar-refractivity contribution in [2.75, 3.05) is 13.2 Å². The van der Waals surface area contributed by atoms with Crippen LogP contribution in [-0.4, -0.2) is 23.0 Å². The summed E-state index contributed by atoms with van der Waals surface area (Å²) in [4.78, 5) is 0. The number of hydrogen-bond acceptors (Lipinski definition) is 4. The van der Waals surface area contributed by atoms with Crippen LogP contribution in [0.15, 0.2) is 24.4 Å². The van der Waals surface area contributed by atoms with Crippen molar-refractivity contribution in [3.05, 3.63) is 41.2 Å². The van der Waals surface area contributed by atoms with Crippen molar-refractivity contribution in [3.8, 4) is 11.5 Å². The number of fused-ring (bicyclic) bond motifs is 1. The highest BCUT2D eigenvalue weighted by molar-refractivity contribution is 5.43. The van der Waals surface area contributed by atoms with Gasteiger partial charge in [-0.3, -0.25) is 4.68 Å². The van der Waals surface area contributed by atoms with Crippen molar-refractivity contribution in [2.45, 2.75) is 26.4 Å². The van der Waals surface area contributed by atoms with Gasteiger partial charge in [0.05, 0.1) is 5.69 Å². The average Bonchev–Trinajstić information content (AvgIpc) is 2.83. The van der Waals surface area contributed by atoms with E-state index in [1.807, 2.05) is 30.8 Å². The predicted molar refractivity (Wildman–Crippen MR) is 80.6 cm³/mol. The summed E-state index contributed by atoms with van der Waals surface area (Å²) in [7, 11) is 1.95. The zero-order chi connectivity index (χ0) is 14.8. The molecule has 1 N–H and O–H groups in total. The summed E-state index contributed by atoms with van der Waals surface area (Å²) in [5, 5.41) is 7.91. The third kappa shape index (κ3) is 3.03. The van der Waals surface area contributed by atoms with Gasteiger partial charge in [-0.05, 0) is 31.5 Å². The number of rotatable bonds is 4. The van der Waals surface area contributed by atoms with Gasteiger partial charge in [-0.2, -0.15) is 5.10 Å². The Bertz CT molecular complexity index is 636. The zero-order valence-corrected chi connectivity index (χ0v) is 12.7. The molecule has 1 unspecified atom stereocenters. The van der Waals surface area contributed by atoms with Crippen molar-refractivity contribution in [2.24, 2.45) is 7.05 Å². The number of aryl methyl sites for hydroxylation is 2. The van der Waals surface area contributed by atoms with Gasteiger partial charge < -0.3 is 14.8 Å². The van der Waals surface area contributed by atoms with Gasteiger partial charge in [0.1, 0.15) is 13.2 Å². The Morgan fingerprint density at radius 2 is 2.05 bits per heavy atom. The molecule has 5 heteroatoms. The first-order valence-corrected chi connectivity index (χ1v) is 7.25. The Balaban J connectivity index is 1.66. The molecule has 21 heavy (non-hydrogen) atoms. The van der Waals surface area contributed by atoms with Crippen LogP contribution in [0.4, 0.5) is 0 Å². The first kappa shape index (κ1) is 13.9. The van der Waals surface area contributed by atoms with Gasteiger partial charge in [0.25, 0.3) is 0 Å². The van der Waals surface area contributed by atoms with Gasteiger partial charge in [-0.25, -0.2) is 0 Å². The van der Waals surface area contributed by atoms with Crippen LogP contribution in [0.25, 0.3) is 0 Å². The summed E-state index contributed by atoms with van der Waals surface area (Å²) >= 11 is 0. The third-order valence-electron chi connectivity index (χ3n) is 3.74. The van der Waals surface area contributed by atoms with Gasteiger partial charge in [-0.1, -0.05) is 6.07 Å². The highest BCUT2D eigenvalue weighted by Crippen LogP contribution is 2.30. The fourth-order valence-corrected chi connectivity index (χ4v) is 2.62. The van der Waals surface area contributed by atoms with E-state index in [9.17, 15) is 0 Å². The normalized spacial score (nSPS) is 15.0. The minimum atomic E-state index is 0.256. The molecule has 2 aromatic rings. The molecule has 1 atom stereocenters. The number of nitrogens with zero attached hydrogens (tertiary/aromatic N) is 2. The SMILES string of the molecule is Cc1nn(C)cc1C(C)NCc1ccc2c(c1)OCCO2. The Morgan fingerprint density at radius 3 is 2.76 bits per heavy atom. The van der Waals surface area contributed by atoms with Crippen LogP contribution in [0.1, 0.15) is 29.8 Å². The predicted octanol–water partition coefficient (Wildman–Crippen LogP) is 2.35. The van der Waals surface area contributed by atoms with Crippen molar-refractivity contribution < 1.29 is 9.47 Å². The van der Waals surface area contributed by atoms with Crippen molar-refractivity contribution in [1.29, 1.82) is 0 Å². The van der Waals surface area contributed by atoms with E-state index in [1.165, 1.54) is 11.1 Å². The second-order valence-electron chi connectivity index (χ2n) is 5.42. The minimum absolute atomic E-state index is 0.256. The zero-order valence-electron chi connectivity index (χ0n) is 12.7. The summed E-state index contributed by atoms with van der Waals surface area (Å²) in [6.45, 7) is 6.23. The lowest BCUT2D eigenvalue weighted by Gasteiger charge is -2.19. The molecule has 5 nitrogen and oxygen atoms in total. The van der Waals surface area contributed by atoms with Crippen LogP contribution >= 0.6 is 0 Å². The van der Waals surface area contributed by atoms with Crippen molar-refractivity contribution in [1.82, 2.24) is 15.1 Å². The molecule has 1 aliphatic rings. The summed E-state index contributed by atoms with van der Waals surface area (Å²) in [6.07, 6.45) is 2.07. The molecule has 0 spiro atoms. The van der Waals surface area contributed by atoms with Crippen molar-refractivity contribution in [3.63, 3.8) is 0 Å². The molecule has 112 valence electrons. The maximum absolute atomic E-state index is 5.61. The smallest absolute Gasteiger partial charge is 0.161 e.